The molecule has 0 saturated carbocycles. The molecular weight excluding hydrogens is 234 g/mol. The Balaban J connectivity index is 0.00000137. The van der Waals surface area contributed by atoms with Crippen LogP contribution in [0.4, 0.5) is 0 Å². The zero-order chi connectivity index (χ0) is 13.8. The topological polar surface area (TPSA) is 56.8 Å². The summed E-state index contributed by atoms with van der Waals surface area (Å²) in [4.78, 5) is 10.6. The lowest BCUT2D eigenvalue weighted by atomic mass is 10.2. The summed E-state index contributed by atoms with van der Waals surface area (Å²) in [6, 6.07) is 0. The van der Waals surface area contributed by atoms with Gasteiger partial charge >= 0.3 is 0 Å². The molecule has 5 heteroatoms. The predicted octanol–water partition coefficient (Wildman–Crippen LogP) is 1.61. The number of carbonyl (C=O) groups excluding carboxylic acids is 1. The van der Waals surface area contributed by atoms with Gasteiger partial charge in [0.05, 0.1) is 13.7 Å². The quantitative estimate of drug-likeness (QED) is 0.554. The van der Waals surface area contributed by atoms with Crippen LogP contribution >= 0.6 is 0 Å². The van der Waals surface area contributed by atoms with Crippen LogP contribution in [0.25, 0.3) is 0 Å². The summed E-state index contributed by atoms with van der Waals surface area (Å²) in [7, 11) is 3.20. The first-order valence-electron chi connectivity index (χ1n) is 6.11. The molecule has 1 heterocycles. The summed E-state index contributed by atoms with van der Waals surface area (Å²) in [6.45, 7) is 5.64. The average molecular weight is 257 g/mol. The number of nitrogens with one attached hydrogen (secondary N) is 1. The van der Waals surface area contributed by atoms with Gasteiger partial charge in [0, 0.05) is 32.3 Å². The van der Waals surface area contributed by atoms with Gasteiger partial charge in [0.15, 0.2) is 5.76 Å². The van der Waals surface area contributed by atoms with Crippen molar-refractivity contribution in [3.63, 3.8) is 0 Å². The average Bonchev–Trinajstić information content (AvgIpc) is 2.45. The Morgan fingerprint density at radius 1 is 1.33 bits per heavy atom. The molecule has 0 radical (unpaired) electrons. The van der Waals surface area contributed by atoms with Crippen molar-refractivity contribution in [1.29, 1.82) is 0 Å². The Labute approximate surface area is 109 Å². The van der Waals surface area contributed by atoms with E-state index in [4.69, 9.17) is 14.2 Å². The van der Waals surface area contributed by atoms with Crippen molar-refractivity contribution in [3.05, 3.63) is 23.3 Å². The molecule has 0 spiro atoms. The van der Waals surface area contributed by atoms with Gasteiger partial charge in [-0.15, -0.1) is 0 Å². The molecule has 18 heavy (non-hydrogen) atoms. The molecule has 0 saturated heterocycles. The van der Waals surface area contributed by atoms with Gasteiger partial charge < -0.3 is 19.5 Å². The summed E-state index contributed by atoms with van der Waals surface area (Å²) < 4.78 is 15.5. The van der Waals surface area contributed by atoms with Gasteiger partial charge in [-0.1, -0.05) is 13.8 Å². The van der Waals surface area contributed by atoms with E-state index in [0.717, 1.165) is 12.7 Å². The second kappa shape index (κ2) is 10.7. The highest BCUT2D eigenvalue weighted by molar-refractivity contribution is 5.75. The van der Waals surface area contributed by atoms with Crippen molar-refractivity contribution in [3.8, 4) is 0 Å². The van der Waals surface area contributed by atoms with Gasteiger partial charge in [-0.25, -0.2) is 0 Å². The third-order valence-electron chi connectivity index (χ3n) is 2.10. The molecule has 0 aliphatic carbocycles. The summed E-state index contributed by atoms with van der Waals surface area (Å²) >= 11 is 0. The van der Waals surface area contributed by atoms with Gasteiger partial charge in [0.2, 0.25) is 5.88 Å². The fraction of sp³-hybridized carbons (Fsp3) is 0.615. The van der Waals surface area contributed by atoms with Crippen LogP contribution in [-0.2, 0) is 19.0 Å². The largest absolute Gasteiger partial charge is 0.488 e. The third kappa shape index (κ3) is 5.72. The zero-order valence-corrected chi connectivity index (χ0v) is 11.6. The van der Waals surface area contributed by atoms with E-state index < -0.39 is 0 Å². The van der Waals surface area contributed by atoms with Crippen LogP contribution in [0.5, 0.6) is 0 Å². The first-order chi connectivity index (χ1) is 8.81. The second-order valence-electron chi connectivity index (χ2n) is 3.28. The third-order valence-corrected chi connectivity index (χ3v) is 2.10. The van der Waals surface area contributed by atoms with Crippen LogP contribution in [-0.4, -0.2) is 40.3 Å². The van der Waals surface area contributed by atoms with E-state index in [9.17, 15) is 4.79 Å². The van der Waals surface area contributed by atoms with Crippen LogP contribution < -0.4 is 5.32 Å². The van der Waals surface area contributed by atoms with Crippen molar-refractivity contribution in [2.75, 3.05) is 34.0 Å². The van der Waals surface area contributed by atoms with Crippen molar-refractivity contribution < 1.29 is 19.0 Å². The number of rotatable bonds is 7. The first-order valence-corrected chi connectivity index (χ1v) is 6.11. The zero-order valence-electron chi connectivity index (χ0n) is 11.6. The van der Waals surface area contributed by atoms with Crippen LogP contribution in [0.1, 0.15) is 20.3 Å². The van der Waals surface area contributed by atoms with E-state index in [1.54, 1.807) is 20.3 Å². The van der Waals surface area contributed by atoms with Crippen molar-refractivity contribution in [2.45, 2.75) is 20.3 Å². The molecule has 0 atom stereocenters. The molecule has 5 nitrogen and oxygen atoms in total. The lowest BCUT2D eigenvalue weighted by Crippen LogP contribution is -2.24. The molecule has 1 rings (SSSR count). The smallest absolute Gasteiger partial charge is 0.230 e. The van der Waals surface area contributed by atoms with E-state index in [1.165, 1.54) is 0 Å². The molecular formula is C13H23NO4. The molecule has 104 valence electrons. The number of dihydropyridines is 1. The minimum absolute atomic E-state index is 0.470. The van der Waals surface area contributed by atoms with E-state index in [1.807, 2.05) is 13.8 Å². The summed E-state index contributed by atoms with van der Waals surface area (Å²) in [6.07, 6.45) is 3.29. The molecule has 0 aromatic rings. The Morgan fingerprint density at radius 2 is 2.06 bits per heavy atom. The maximum atomic E-state index is 10.6. The van der Waals surface area contributed by atoms with Gasteiger partial charge in [-0.3, -0.25) is 4.79 Å². The fourth-order valence-corrected chi connectivity index (χ4v) is 1.30. The minimum Gasteiger partial charge on any atom is -0.488 e. The number of allylic oxidation sites excluding steroid dienone is 1. The van der Waals surface area contributed by atoms with Gasteiger partial charge in [0.1, 0.15) is 6.29 Å². The van der Waals surface area contributed by atoms with E-state index >= 15 is 0 Å². The molecule has 1 aliphatic heterocycles. The Bertz CT molecular complexity index is 297. The highest BCUT2D eigenvalue weighted by Crippen LogP contribution is 2.13. The monoisotopic (exact) mass is 257 g/mol. The van der Waals surface area contributed by atoms with Crippen LogP contribution in [0.2, 0.25) is 0 Å². The van der Waals surface area contributed by atoms with Crippen LogP contribution in [0.3, 0.4) is 0 Å². The first kappa shape index (κ1) is 16.5. The molecule has 0 aromatic carbocycles. The molecule has 0 aromatic heterocycles. The maximum Gasteiger partial charge on any atom is 0.230 e. The highest BCUT2D eigenvalue weighted by atomic mass is 16.5. The SMILES string of the molecule is CC.COCCCOC1=C(OC)NCC(C=O)=C1. The van der Waals surface area contributed by atoms with Gasteiger partial charge in [-0.2, -0.15) is 0 Å². The molecule has 0 bridgehead atoms. The Morgan fingerprint density at radius 3 is 2.61 bits per heavy atom. The van der Waals surface area contributed by atoms with Gasteiger partial charge in [0.25, 0.3) is 0 Å². The lowest BCUT2D eigenvalue weighted by Gasteiger charge is -2.18. The minimum atomic E-state index is 0.470. The van der Waals surface area contributed by atoms with E-state index in [0.29, 0.717) is 37.0 Å². The molecule has 0 amide bonds. The number of hydrogen-bond donors (Lipinski definition) is 1. The normalized spacial score (nSPS) is 13.9. The lowest BCUT2D eigenvalue weighted by molar-refractivity contribution is -0.105. The number of methoxy groups -OCH3 is 2. The fourth-order valence-electron chi connectivity index (χ4n) is 1.30. The highest BCUT2D eigenvalue weighted by Gasteiger charge is 2.14. The molecule has 1 aliphatic rings. The van der Waals surface area contributed by atoms with Gasteiger partial charge in [-0.05, 0) is 6.08 Å². The van der Waals surface area contributed by atoms with Crippen molar-refractivity contribution in [2.24, 2.45) is 0 Å². The maximum absolute atomic E-state index is 10.6. The van der Waals surface area contributed by atoms with E-state index in [-0.39, 0.29) is 0 Å². The summed E-state index contributed by atoms with van der Waals surface area (Å²) in [5, 5.41) is 2.96. The standard InChI is InChI=1S/C11H17NO4.C2H6/c1-14-4-3-5-16-10-6-9(8-13)7-12-11(10)15-2;1-2/h6,8,12H,3-5,7H2,1-2H3;1-2H3. The summed E-state index contributed by atoms with van der Waals surface area (Å²) in [5.41, 5.74) is 0.641. The van der Waals surface area contributed by atoms with Crippen LogP contribution in [0.15, 0.2) is 23.3 Å². The van der Waals surface area contributed by atoms with E-state index in [2.05, 4.69) is 5.32 Å². The number of hydrogen-bond acceptors (Lipinski definition) is 5. The number of ether oxygens (including phenoxy) is 3. The molecule has 0 unspecified atom stereocenters. The Kier molecular flexibility index (Phi) is 9.77. The van der Waals surface area contributed by atoms with Crippen molar-refractivity contribution in [1.82, 2.24) is 5.32 Å². The van der Waals surface area contributed by atoms with Crippen molar-refractivity contribution >= 4 is 6.29 Å². The molecule has 0 fully saturated rings. The Hall–Kier alpha value is -1.49. The molecule has 1 N–H and O–H groups in total. The number of aldehydes is 1. The summed E-state index contributed by atoms with van der Waals surface area (Å²) in [5.74, 6) is 1.12. The van der Waals surface area contributed by atoms with Crippen LogP contribution in [0, 0.1) is 0 Å². The predicted molar refractivity (Wildman–Crippen MR) is 70.0 cm³/mol. The second-order valence-corrected chi connectivity index (χ2v) is 3.28. The number of carbonyl (C=O) groups is 1.